The molecule has 0 saturated carbocycles. The Bertz CT molecular complexity index is 130. The Morgan fingerprint density at radius 2 is 1.91 bits per heavy atom. The molecule has 1 rings (SSSR count). The molecule has 2 N–H and O–H groups in total. The molecule has 0 unspecified atom stereocenters. The van der Waals surface area contributed by atoms with E-state index in [-0.39, 0.29) is 6.54 Å². The summed E-state index contributed by atoms with van der Waals surface area (Å²) in [6.45, 7) is 0.728. The number of likely N-dealkylation sites (tertiary alicyclic amines) is 1. The van der Waals surface area contributed by atoms with Gasteiger partial charge in [-0.15, -0.1) is 0 Å². The quantitative estimate of drug-likeness (QED) is 0.653. The van der Waals surface area contributed by atoms with Crippen LogP contribution in [0.3, 0.4) is 0 Å². The fourth-order valence-electron chi connectivity index (χ4n) is 1.14. The molecule has 1 aliphatic rings. The molecule has 66 valence electrons. The highest BCUT2D eigenvalue weighted by Crippen LogP contribution is 2.26. The van der Waals surface area contributed by atoms with Crippen LogP contribution in [0.1, 0.15) is 6.42 Å². The monoisotopic (exact) mass is 168 g/mol. The van der Waals surface area contributed by atoms with E-state index in [0.717, 1.165) is 6.42 Å². The highest BCUT2D eigenvalue weighted by Gasteiger charge is 2.44. The molecule has 2 nitrogen and oxygen atoms in total. The summed E-state index contributed by atoms with van der Waals surface area (Å²) >= 11 is 0. The molecule has 0 aromatic heterocycles. The maximum atomic E-state index is 12.1. The topological polar surface area (TPSA) is 29.3 Å². The molecule has 0 spiro atoms. The molecule has 0 aromatic rings. The summed E-state index contributed by atoms with van der Waals surface area (Å²) in [4.78, 5) is 1.36. The van der Waals surface area contributed by atoms with Crippen LogP contribution in [0, 0.1) is 0 Å². The number of hydrogen-bond acceptors (Lipinski definition) is 2. The molecule has 0 amide bonds. The first-order chi connectivity index (χ1) is 5.05. The average Bonchev–Trinajstić information content (AvgIpc) is 1.74. The third-order valence-corrected chi connectivity index (χ3v) is 1.93. The molecule has 0 radical (unpaired) electrons. The van der Waals surface area contributed by atoms with E-state index < -0.39 is 12.2 Å². The summed E-state index contributed by atoms with van der Waals surface area (Å²) in [6.07, 6.45) is -3.30. The second-order valence-electron chi connectivity index (χ2n) is 2.68. The van der Waals surface area contributed by atoms with Crippen molar-refractivity contribution in [2.75, 3.05) is 19.6 Å². The molecule has 1 heterocycles. The lowest BCUT2D eigenvalue weighted by Gasteiger charge is -2.38. The fourth-order valence-corrected chi connectivity index (χ4v) is 1.14. The van der Waals surface area contributed by atoms with Crippen LogP contribution in [-0.2, 0) is 0 Å². The van der Waals surface area contributed by atoms with Crippen molar-refractivity contribution in [3.8, 4) is 0 Å². The Morgan fingerprint density at radius 1 is 1.36 bits per heavy atom. The number of halogens is 3. The lowest BCUT2D eigenvalue weighted by atomic mass is 10.1. The van der Waals surface area contributed by atoms with Crippen LogP contribution in [0.25, 0.3) is 0 Å². The van der Waals surface area contributed by atoms with Crippen molar-refractivity contribution in [2.24, 2.45) is 5.73 Å². The predicted octanol–water partition coefficient (Wildman–Crippen LogP) is 0.582. The van der Waals surface area contributed by atoms with Crippen LogP contribution in [0.4, 0.5) is 13.2 Å². The minimum atomic E-state index is -4.16. The Morgan fingerprint density at radius 3 is 2.00 bits per heavy atom. The van der Waals surface area contributed by atoms with Gasteiger partial charge in [0.25, 0.3) is 0 Å². The smallest absolute Gasteiger partial charge is 0.329 e. The Kier molecular flexibility index (Phi) is 2.39. The number of rotatable bonds is 2. The van der Waals surface area contributed by atoms with Gasteiger partial charge in [0.2, 0.25) is 0 Å². The van der Waals surface area contributed by atoms with Crippen molar-refractivity contribution in [2.45, 2.75) is 18.6 Å². The molecule has 5 heteroatoms. The van der Waals surface area contributed by atoms with E-state index in [4.69, 9.17) is 5.73 Å². The molecule has 1 atom stereocenters. The minimum Gasteiger partial charge on any atom is -0.329 e. The van der Waals surface area contributed by atoms with Gasteiger partial charge in [-0.25, -0.2) is 0 Å². The molecule has 0 aromatic carbocycles. The third-order valence-electron chi connectivity index (χ3n) is 1.93. The van der Waals surface area contributed by atoms with Gasteiger partial charge in [-0.2, -0.15) is 13.2 Å². The zero-order valence-corrected chi connectivity index (χ0v) is 6.06. The molecule has 1 aliphatic heterocycles. The highest BCUT2D eigenvalue weighted by molar-refractivity contribution is 4.84. The van der Waals surface area contributed by atoms with Crippen molar-refractivity contribution in [1.82, 2.24) is 4.90 Å². The van der Waals surface area contributed by atoms with Crippen LogP contribution in [0.15, 0.2) is 0 Å². The number of nitrogens with zero attached hydrogens (tertiary/aromatic N) is 1. The summed E-state index contributed by atoms with van der Waals surface area (Å²) < 4.78 is 36.2. The second kappa shape index (κ2) is 2.98. The van der Waals surface area contributed by atoms with Gasteiger partial charge < -0.3 is 5.73 Å². The van der Waals surface area contributed by atoms with Crippen molar-refractivity contribution in [1.29, 1.82) is 0 Å². The van der Waals surface area contributed by atoms with Crippen LogP contribution < -0.4 is 5.73 Å². The first-order valence-electron chi connectivity index (χ1n) is 3.56. The van der Waals surface area contributed by atoms with Gasteiger partial charge in [0.05, 0.1) is 0 Å². The van der Waals surface area contributed by atoms with Crippen LogP contribution in [-0.4, -0.2) is 36.8 Å². The first kappa shape index (κ1) is 8.80. The molecular formula is C6H11F3N2. The van der Waals surface area contributed by atoms with Crippen molar-refractivity contribution >= 4 is 0 Å². The summed E-state index contributed by atoms with van der Waals surface area (Å²) in [6, 6.07) is -1.42. The van der Waals surface area contributed by atoms with E-state index in [1.54, 1.807) is 0 Å². The van der Waals surface area contributed by atoms with E-state index in [1.807, 2.05) is 0 Å². The Balaban J connectivity index is 2.48. The van der Waals surface area contributed by atoms with Crippen molar-refractivity contribution in [3.05, 3.63) is 0 Å². The maximum Gasteiger partial charge on any atom is 0.405 e. The van der Waals surface area contributed by atoms with Crippen LogP contribution >= 0.6 is 0 Å². The minimum absolute atomic E-state index is 0.330. The summed E-state index contributed by atoms with van der Waals surface area (Å²) in [5, 5.41) is 0. The van der Waals surface area contributed by atoms with E-state index >= 15 is 0 Å². The normalized spacial score (nSPS) is 22.9. The molecule has 1 saturated heterocycles. The zero-order chi connectivity index (χ0) is 8.48. The van der Waals surface area contributed by atoms with Gasteiger partial charge in [-0.1, -0.05) is 0 Å². The zero-order valence-electron chi connectivity index (χ0n) is 6.06. The lowest BCUT2D eigenvalue weighted by Crippen LogP contribution is -2.55. The standard InChI is InChI=1S/C6H11F3N2/c7-6(8,9)5(4-10)11-2-1-3-11/h5H,1-4,10H2/t5-/m0/s1. The first-order valence-corrected chi connectivity index (χ1v) is 3.56. The third kappa shape index (κ3) is 1.84. The summed E-state index contributed by atoms with van der Waals surface area (Å²) in [5.74, 6) is 0. The number of hydrogen-bond donors (Lipinski definition) is 1. The molecule has 0 bridgehead atoms. The summed E-state index contributed by atoms with van der Waals surface area (Å²) in [5.41, 5.74) is 5.01. The lowest BCUT2D eigenvalue weighted by molar-refractivity contribution is -0.189. The molecule has 0 aliphatic carbocycles. The molecular weight excluding hydrogens is 157 g/mol. The van der Waals surface area contributed by atoms with Gasteiger partial charge in [0.1, 0.15) is 6.04 Å². The molecule has 1 fully saturated rings. The highest BCUT2D eigenvalue weighted by atomic mass is 19.4. The van der Waals surface area contributed by atoms with Gasteiger partial charge >= 0.3 is 6.18 Å². The number of nitrogens with two attached hydrogens (primary N) is 1. The number of alkyl halides is 3. The average molecular weight is 168 g/mol. The summed E-state index contributed by atoms with van der Waals surface area (Å²) in [7, 11) is 0. The second-order valence-corrected chi connectivity index (χ2v) is 2.68. The van der Waals surface area contributed by atoms with Gasteiger partial charge in [-0.3, -0.25) is 4.90 Å². The van der Waals surface area contributed by atoms with E-state index in [9.17, 15) is 13.2 Å². The maximum absolute atomic E-state index is 12.1. The Hall–Kier alpha value is -0.290. The van der Waals surface area contributed by atoms with E-state index in [1.165, 1.54) is 4.90 Å². The van der Waals surface area contributed by atoms with Gasteiger partial charge in [0.15, 0.2) is 0 Å². The Labute approximate surface area is 63.2 Å². The fraction of sp³-hybridized carbons (Fsp3) is 1.00. The van der Waals surface area contributed by atoms with Crippen LogP contribution in [0.2, 0.25) is 0 Å². The SMILES string of the molecule is NC[C@H](N1CCC1)C(F)(F)F. The van der Waals surface area contributed by atoms with Crippen molar-refractivity contribution in [3.63, 3.8) is 0 Å². The molecule has 11 heavy (non-hydrogen) atoms. The predicted molar refractivity (Wildman–Crippen MR) is 35.1 cm³/mol. The van der Waals surface area contributed by atoms with Gasteiger partial charge in [0, 0.05) is 19.6 Å². The van der Waals surface area contributed by atoms with Crippen molar-refractivity contribution < 1.29 is 13.2 Å². The van der Waals surface area contributed by atoms with Gasteiger partial charge in [-0.05, 0) is 6.42 Å². The van der Waals surface area contributed by atoms with E-state index in [0.29, 0.717) is 13.1 Å². The van der Waals surface area contributed by atoms with E-state index in [2.05, 4.69) is 0 Å². The largest absolute Gasteiger partial charge is 0.405 e. The van der Waals surface area contributed by atoms with Crippen LogP contribution in [0.5, 0.6) is 0 Å².